The van der Waals surface area contributed by atoms with Crippen molar-refractivity contribution in [3.63, 3.8) is 0 Å². The molecule has 0 unspecified atom stereocenters. The smallest absolute Gasteiger partial charge is 0.328 e. The lowest BCUT2D eigenvalue weighted by Gasteiger charge is -2.21. The number of carboxylic acid groups (broad SMARTS) is 1. The summed E-state index contributed by atoms with van der Waals surface area (Å²) in [6.07, 6.45) is 4.72. The Bertz CT molecular complexity index is 582. The maximum Gasteiger partial charge on any atom is 0.328 e. The van der Waals surface area contributed by atoms with Gasteiger partial charge in [0.15, 0.2) is 0 Å². The van der Waals surface area contributed by atoms with Crippen LogP contribution in [-0.4, -0.2) is 36.6 Å². The molecule has 112 valence electrons. The average molecular weight is 353 g/mol. The lowest BCUT2D eigenvalue weighted by molar-refractivity contribution is -0.131. The van der Waals surface area contributed by atoms with E-state index in [1.807, 2.05) is 30.1 Å². The van der Waals surface area contributed by atoms with Crippen molar-refractivity contribution in [3.8, 4) is 0 Å². The number of aliphatic carboxylic acids is 1. The van der Waals surface area contributed by atoms with Gasteiger partial charge in [0.2, 0.25) is 5.91 Å². The van der Waals surface area contributed by atoms with Gasteiger partial charge in [-0.25, -0.2) is 4.79 Å². The number of halogens is 1. The molecule has 2 N–H and O–H groups in total. The summed E-state index contributed by atoms with van der Waals surface area (Å²) in [7, 11) is 1.81. The molecule has 0 bridgehead atoms. The van der Waals surface area contributed by atoms with Crippen LogP contribution in [0.5, 0.6) is 0 Å². The van der Waals surface area contributed by atoms with Crippen molar-refractivity contribution in [1.82, 2.24) is 5.32 Å². The van der Waals surface area contributed by atoms with Crippen molar-refractivity contribution in [2.45, 2.75) is 18.9 Å². The lowest BCUT2D eigenvalue weighted by Crippen LogP contribution is -2.36. The molecule has 0 spiro atoms. The number of benzene rings is 1. The van der Waals surface area contributed by atoms with Crippen LogP contribution >= 0.6 is 15.9 Å². The fourth-order valence-electron chi connectivity index (χ4n) is 1.95. The first kappa shape index (κ1) is 15.6. The van der Waals surface area contributed by atoms with Crippen molar-refractivity contribution in [1.29, 1.82) is 0 Å². The van der Waals surface area contributed by atoms with Gasteiger partial charge in [0.05, 0.1) is 6.54 Å². The minimum absolute atomic E-state index is 0.0202. The number of nitrogens with zero attached hydrogens (tertiary/aromatic N) is 1. The number of hydrogen-bond acceptors (Lipinski definition) is 3. The number of hydrogen-bond donors (Lipinski definition) is 2. The molecule has 6 heteroatoms. The number of anilines is 1. The Hall–Kier alpha value is -1.82. The van der Waals surface area contributed by atoms with E-state index in [-0.39, 0.29) is 12.5 Å². The van der Waals surface area contributed by atoms with Gasteiger partial charge in [-0.3, -0.25) is 4.79 Å². The van der Waals surface area contributed by atoms with Gasteiger partial charge in [0, 0.05) is 29.3 Å². The van der Waals surface area contributed by atoms with Crippen LogP contribution in [0.3, 0.4) is 0 Å². The third-order valence-corrected chi connectivity index (χ3v) is 3.63. The fraction of sp³-hybridized carbons (Fsp3) is 0.333. The Morgan fingerprint density at radius 3 is 2.81 bits per heavy atom. The highest BCUT2D eigenvalue weighted by Crippen LogP contribution is 2.26. The second-order valence-electron chi connectivity index (χ2n) is 5.07. The minimum atomic E-state index is -1.00. The zero-order valence-electron chi connectivity index (χ0n) is 11.7. The van der Waals surface area contributed by atoms with Crippen LogP contribution in [0.15, 0.2) is 28.7 Å². The molecule has 1 aromatic carbocycles. The van der Waals surface area contributed by atoms with Crippen molar-refractivity contribution in [2.75, 3.05) is 18.5 Å². The molecular weight excluding hydrogens is 336 g/mol. The molecule has 0 aromatic heterocycles. The molecule has 1 aromatic rings. The first-order valence-electron chi connectivity index (χ1n) is 6.67. The molecular formula is C15H17BrN2O3. The number of rotatable bonds is 6. The second kappa shape index (κ2) is 6.76. The molecule has 2 rings (SSSR count). The molecule has 1 aliphatic carbocycles. The summed E-state index contributed by atoms with van der Waals surface area (Å²) in [5.41, 5.74) is 1.55. The maximum absolute atomic E-state index is 11.9. The van der Waals surface area contributed by atoms with Gasteiger partial charge in [0.25, 0.3) is 0 Å². The first-order chi connectivity index (χ1) is 9.95. The summed E-state index contributed by atoms with van der Waals surface area (Å²) in [5, 5.41) is 11.7. The number of carbonyl (C=O) groups excluding carboxylic acids is 1. The molecule has 1 aliphatic rings. The summed E-state index contributed by atoms with van der Waals surface area (Å²) in [6.45, 7) is 0.237. The molecule has 0 radical (unpaired) electrons. The topological polar surface area (TPSA) is 69.6 Å². The van der Waals surface area contributed by atoms with E-state index in [4.69, 9.17) is 5.11 Å². The lowest BCUT2D eigenvalue weighted by atomic mass is 10.1. The van der Waals surface area contributed by atoms with E-state index in [0.717, 1.165) is 34.6 Å². The highest BCUT2D eigenvalue weighted by atomic mass is 79.9. The van der Waals surface area contributed by atoms with E-state index in [2.05, 4.69) is 21.2 Å². The van der Waals surface area contributed by atoms with Gasteiger partial charge in [0.1, 0.15) is 0 Å². The number of carboxylic acids is 1. The highest BCUT2D eigenvalue weighted by Gasteiger charge is 2.23. The van der Waals surface area contributed by atoms with Crippen molar-refractivity contribution in [2.24, 2.45) is 0 Å². The number of carbonyl (C=O) groups is 2. The van der Waals surface area contributed by atoms with Crippen LogP contribution in [0.2, 0.25) is 0 Å². The van der Waals surface area contributed by atoms with Crippen LogP contribution in [0.4, 0.5) is 5.69 Å². The molecule has 1 fully saturated rings. The van der Waals surface area contributed by atoms with E-state index < -0.39 is 5.97 Å². The molecule has 1 saturated carbocycles. The van der Waals surface area contributed by atoms with E-state index in [1.165, 1.54) is 6.08 Å². The third-order valence-electron chi connectivity index (χ3n) is 3.13. The summed E-state index contributed by atoms with van der Waals surface area (Å²) in [4.78, 5) is 24.3. The Balaban J connectivity index is 2.13. The standard InChI is InChI=1S/C15H17BrN2O3/c1-18(9-14(19)17-12-5-6-12)13-8-11(16)4-2-10(13)3-7-15(20)21/h2-4,7-8,12H,5-6,9H2,1H3,(H,17,19)(H,20,21). The van der Waals surface area contributed by atoms with Crippen molar-refractivity contribution < 1.29 is 14.7 Å². The molecule has 0 atom stereocenters. The van der Waals surface area contributed by atoms with E-state index in [1.54, 1.807) is 0 Å². The predicted molar refractivity (Wildman–Crippen MR) is 85.2 cm³/mol. The number of nitrogens with one attached hydrogen (secondary N) is 1. The third kappa shape index (κ3) is 4.90. The van der Waals surface area contributed by atoms with Gasteiger partial charge in [-0.05, 0) is 36.6 Å². The maximum atomic E-state index is 11.9. The zero-order valence-corrected chi connectivity index (χ0v) is 13.3. The molecule has 0 aliphatic heterocycles. The SMILES string of the molecule is CN(CC(=O)NC1CC1)c1cc(Br)ccc1C=CC(=O)O. The van der Waals surface area contributed by atoms with Gasteiger partial charge in [-0.1, -0.05) is 22.0 Å². The molecule has 0 heterocycles. The molecule has 1 amide bonds. The Kier molecular flexibility index (Phi) is 5.01. The Morgan fingerprint density at radius 1 is 1.48 bits per heavy atom. The van der Waals surface area contributed by atoms with Crippen LogP contribution in [0.25, 0.3) is 6.08 Å². The van der Waals surface area contributed by atoms with Crippen LogP contribution in [0, 0.1) is 0 Å². The normalized spacial score (nSPS) is 14.2. The van der Waals surface area contributed by atoms with Crippen LogP contribution < -0.4 is 10.2 Å². The predicted octanol–water partition coefficient (Wildman–Crippen LogP) is 2.26. The summed E-state index contributed by atoms with van der Waals surface area (Å²) >= 11 is 3.39. The Labute approximate surface area is 131 Å². The fourth-order valence-corrected chi connectivity index (χ4v) is 2.30. The summed E-state index contributed by atoms with van der Waals surface area (Å²) in [5.74, 6) is -1.02. The number of likely N-dealkylation sites (N-methyl/N-ethyl adjacent to an activating group) is 1. The summed E-state index contributed by atoms with van der Waals surface area (Å²) < 4.78 is 0.874. The monoisotopic (exact) mass is 352 g/mol. The van der Waals surface area contributed by atoms with Crippen molar-refractivity contribution in [3.05, 3.63) is 34.3 Å². The zero-order chi connectivity index (χ0) is 15.4. The van der Waals surface area contributed by atoms with Crippen LogP contribution in [-0.2, 0) is 9.59 Å². The van der Waals surface area contributed by atoms with Gasteiger partial charge in [-0.2, -0.15) is 0 Å². The van der Waals surface area contributed by atoms with Gasteiger partial charge < -0.3 is 15.3 Å². The number of amides is 1. The molecule has 0 saturated heterocycles. The largest absolute Gasteiger partial charge is 0.478 e. The van der Waals surface area contributed by atoms with Crippen LogP contribution in [0.1, 0.15) is 18.4 Å². The minimum Gasteiger partial charge on any atom is -0.478 e. The summed E-state index contributed by atoms with van der Waals surface area (Å²) in [6, 6.07) is 5.85. The first-order valence-corrected chi connectivity index (χ1v) is 7.46. The van der Waals surface area contributed by atoms with Gasteiger partial charge in [-0.15, -0.1) is 0 Å². The van der Waals surface area contributed by atoms with Gasteiger partial charge >= 0.3 is 5.97 Å². The highest BCUT2D eigenvalue weighted by molar-refractivity contribution is 9.10. The van der Waals surface area contributed by atoms with E-state index in [9.17, 15) is 9.59 Å². The molecule has 5 nitrogen and oxygen atoms in total. The Morgan fingerprint density at radius 2 is 2.19 bits per heavy atom. The van der Waals surface area contributed by atoms with E-state index in [0.29, 0.717) is 6.04 Å². The second-order valence-corrected chi connectivity index (χ2v) is 5.99. The average Bonchev–Trinajstić information content (AvgIpc) is 3.20. The quantitative estimate of drug-likeness (QED) is 0.770. The van der Waals surface area contributed by atoms with E-state index >= 15 is 0 Å². The van der Waals surface area contributed by atoms with Crippen molar-refractivity contribution >= 4 is 39.6 Å². The molecule has 21 heavy (non-hydrogen) atoms.